The maximum Gasteiger partial charge on any atom is 0.318 e. The van der Waals surface area contributed by atoms with Crippen LogP contribution in [0.5, 0.6) is 0 Å². The number of halogens is 4. The number of aromatic nitrogens is 1. The number of amides is 3. The molecule has 2 heterocycles. The molecule has 0 radical (unpaired) electrons. The van der Waals surface area contributed by atoms with Gasteiger partial charge in [0, 0.05) is 30.8 Å². The van der Waals surface area contributed by atoms with Crippen LogP contribution in [0.15, 0.2) is 24.4 Å². The zero-order valence-electron chi connectivity index (χ0n) is 16.6. The van der Waals surface area contributed by atoms with Crippen LogP contribution in [0, 0.1) is 11.6 Å². The second-order valence-corrected chi connectivity index (χ2v) is 8.50. The molecular weight excluding hydrogens is 449 g/mol. The first-order valence-electron chi connectivity index (χ1n) is 9.91. The van der Waals surface area contributed by atoms with Crippen LogP contribution in [-0.2, 0) is 4.79 Å². The van der Waals surface area contributed by atoms with Crippen LogP contribution in [0.1, 0.15) is 48.5 Å². The highest BCUT2D eigenvalue weighted by molar-refractivity contribution is 6.31. The van der Waals surface area contributed by atoms with Crippen molar-refractivity contribution in [2.75, 3.05) is 13.1 Å². The number of pyridine rings is 1. The van der Waals surface area contributed by atoms with E-state index in [-0.39, 0.29) is 18.0 Å². The number of benzene rings is 1. The second-order valence-electron chi connectivity index (χ2n) is 7.72. The van der Waals surface area contributed by atoms with Crippen molar-refractivity contribution >= 4 is 35.1 Å². The molecule has 31 heavy (non-hydrogen) atoms. The molecule has 2 N–H and O–H groups in total. The predicted molar refractivity (Wildman–Crippen MR) is 112 cm³/mol. The zero-order chi connectivity index (χ0) is 22.3. The predicted octanol–water partition coefficient (Wildman–Crippen LogP) is 4.16. The Hall–Kier alpha value is -2.45. The largest absolute Gasteiger partial charge is 0.353 e. The zero-order valence-corrected chi connectivity index (χ0v) is 18.1. The van der Waals surface area contributed by atoms with Gasteiger partial charge in [0.2, 0.25) is 5.91 Å². The number of carbonyl (C=O) groups is 2. The molecule has 2 aromatic rings. The van der Waals surface area contributed by atoms with Crippen molar-refractivity contribution in [3.63, 3.8) is 0 Å². The number of carbonyl (C=O) groups excluding carboxylic acids is 2. The summed E-state index contributed by atoms with van der Waals surface area (Å²) in [6, 6.07) is 1.56. The summed E-state index contributed by atoms with van der Waals surface area (Å²) < 4.78 is 28.6. The fourth-order valence-electron chi connectivity index (χ4n) is 3.65. The van der Waals surface area contributed by atoms with Gasteiger partial charge in [-0.05, 0) is 37.5 Å². The van der Waals surface area contributed by atoms with Crippen molar-refractivity contribution in [3.8, 4) is 0 Å². The molecule has 3 amide bonds. The van der Waals surface area contributed by atoms with Crippen LogP contribution < -0.4 is 10.6 Å². The van der Waals surface area contributed by atoms with Crippen LogP contribution in [0.3, 0.4) is 0 Å². The van der Waals surface area contributed by atoms with Crippen molar-refractivity contribution in [1.82, 2.24) is 20.5 Å². The van der Waals surface area contributed by atoms with E-state index in [1.54, 1.807) is 13.0 Å². The van der Waals surface area contributed by atoms with Gasteiger partial charge in [0.25, 0.3) is 0 Å². The topological polar surface area (TPSA) is 74.3 Å². The lowest BCUT2D eigenvalue weighted by molar-refractivity contribution is -0.126. The Morgan fingerprint density at radius 2 is 2.06 bits per heavy atom. The van der Waals surface area contributed by atoms with Gasteiger partial charge in [0.15, 0.2) is 0 Å². The van der Waals surface area contributed by atoms with Gasteiger partial charge >= 0.3 is 6.03 Å². The van der Waals surface area contributed by atoms with Crippen LogP contribution in [-0.4, -0.2) is 41.0 Å². The first-order valence-corrected chi connectivity index (χ1v) is 10.7. The molecule has 1 aromatic heterocycles. The molecule has 4 rings (SSSR count). The lowest BCUT2D eigenvalue weighted by Gasteiger charge is -2.34. The molecule has 1 saturated heterocycles. The third kappa shape index (κ3) is 4.32. The van der Waals surface area contributed by atoms with Crippen molar-refractivity contribution < 1.29 is 18.4 Å². The standard InChI is InChI=1S/C21H20Cl2F2N4O2/c1-10-20(30)26-6-7-29(10)21(31)28-18(13-4-5-15(24)16(23)17(13)25)12-8-14(22)19(27-9-12)11-2-3-11/h4-5,8-11,18H,2-3,6-7H2,1H3,(H,26,30)(H,28,31)/t10-,18-/m1/s1. The Labute approximate surface area is 187 Å². The van der Waals surface area contributed by atoms with Gasteiger partial charge in [-0.25, -0.2) is 13.6 Å². The number of piperazine rings is 1. The SMILES string of the molecule is C[C@@H]1C(=O)NCCN1C(=O)N[C@H](c1cnc(C2CC2)c(Cl)c1)c1ccc(F)c(Cl)c1F. The Morgan fingerprint density at radius 3 is 2.74 bits per heavy atom. The maximum absolute atomic E-state index is 14.9. The van der Waals surface area contributed by atoms with Gasteiger partial charge in [0.1, 0.15) is 22.7 Å². The van der Waals surface area contributed by atoms with E-state index < -0.39 is 34.8 Å². The van der Waals surface area contributed by atoms with E-state index in [2.05, 4.69) is 15.6 Å². The molecular formula is C21H20Cl2F2N4O2. The van der Waals surface area contributed by atoms with Crippen molar-refractivity contribution in [3.05, 3.63) is 62.9 Å². The molecule has 1 aliphatic heterocycles. The maximum atomic E-state index is 14.9. The van der Waals surface area contributed by atoms with E-state index in [4.69, 9.17) is 23.2 Å². The number of hydrogen-bond donors (Lipinski definition) is 2. The van der Waals surface area contributed by atoms with Gasteiger partial charge in [-0.2, -0.15) is 0 Å². The molecule has 2 fully saturated rings. The van der Waals surface area contributed by atoms with Crippen LogP contribution in [0.4, 0.5) is 13.6 Å². The number of nitrogens with one attached hydrogen (secondary N) is 2. The summed E-state index contributed by atoms with van der Waals surface area (Å²) in [4.78, 5) is 30.7. The monoisotopic (exact) mass is 468 g/mol. The molecule has 0 unspecified atom stereocenters. The highest BCUT2D eigenvalue weighted by Gasteiger charge is 2.33. The summed E-state index contributed by atoms with van der Waals surface area (Å²) in [6.45, 7) is 2.19. The Bertz CT molecular complexity index is 1050. The van der Waals surface area contributed by atoms with Gasteiger partial charge in [0.05, 0.1) is 16.8 Å². The highest BCUT2D eigenvalue weighted by Crippen LogP contribution is 2.42. The number of urea groups is 1. The van der Waals surface area contributed by atoms with E-state index >= 15 is 0 Å². The van der Waals surface area contributed by atoms with E-state index in [9.17, 15) is 18.4 Å². The minimum absolute atomic E-state index is 0.0362. The summed E-state index contributed by atoms with van der Waals surface area (Å²) in [5.41, 5.74) is 1.14. The summed E-state index contributed by atoms with van der Waals surface area (Å²) in [5, 5.41) is 5.16. The van der Waals surface area contributed by atoms with Crippen LogP contribution in [0.2, 0.25) is 10.0 Å². The van der Waals surface area contributed by atoms with E-state index in [1.807, 2.05) is 0 Å². The fourth-order valence-corrected chi connectivity index (χ4v) is 4.15. The van der Waals surface area contributed by atoms with Crippen LogP contribution >= 0.6 is 23.2 Å². The lowest BCUT2D eigenvalue weighted by atomic mass is 9.98. The van der Waals surface area contributed by atoms with Gasteiger partial charge < -0.3 is 15.5 Å². The molecule has 10 heteroatoms. The smallest absolute Gasteiger partial charge is 0.318 e. The van der Waals surface area contributed by atoms with Crippen LogP contribution in [0.25, 0.3) is 0 Å². The quantitative estimate of drug-likeness (QED) is 0.661. The minimum Gasteiger partial charge on any atom is -0.353 e. The average molecular weight is 469 g/mol. The fraction of sp³-hybridized carbons (Fsp3) is 0.381. The van der Waals surface area contributed by atoms with Gasteiger partial charge in [-0.3, -0.25) is 9.78 Å². The lowest BCUT2D eigenvalue weighted by Crippen LogP contribution is -2.58. The summed E-state index contributed by atoms with van der Waals surface area (Å²) in [5.74, 6) is -1.87. The highest BCUT2D eigenvalue weighted by atomic mass is 35.5. The third-order valence-corrected chi connectivity index (χ3v) is 6.24. The van der Waals surface area contributed by atoms with Crippen molar-refractivity contribution in [2.45, 2.75) is 37.8 Å². The Balaban J connectivity index is 1.71. The van der Waals surface area contributed by atoms with Crippen molar-refractivity contribution in [1.29, 1.82) is 0 Å². The second kappa shape index (κ2) is 8.59. The number of nitrogens with zero attached hydrogens (tertiary/aromatic N) is 2. The van der Waals surface area contributed by atoms with Gasteiger partial charge in [-0.1, -0.05) is 29.3 Å². The molecule has 2 aliphatic rings. The van der Waals surface area contributed by atoms with E-state index in [1.165, 1.54) is 17.2 Å². The number of hydrogen-bond acceptors (Lipinski definition) is 3. The minimum atomic E-state index is -1.04. The Kier molecular flexibility index (Phi) is 6.03. The Morgan fingerprint density at radius 1 is 1.32 bits per heavy atom. The molecule has 0 spiro atoms. The van der Waals surface area contributed by atoms with Gasteiger partial charge in [-0.15, -0.1) is 0 Å². The average Bonchev–Trinajstić information content (AvgIpc) is 3.58. The van der Waals surface area contributed by atoms with E-state index in [0.29, 0.717) is 23.0 Å². The third-order valence-electron chi connectivity index (χ3n) is 5.59. The molecule has 1 aliphatic carbocycles. The molecule has 2 atom stereocenters. The van der Waals surface area contributed by atoms with E-state index in [0.717, 1.165) is 24.6 Å². The summed E-state index contributed by atoms with van der Waals surface area (Å²) in [6.07, 6.45) is 3.53. The first kappa shape index (κ1) is 21.8. The summed E-state index contributed by atoms with van der Waals surface area (Å²) in [7, 11) is 0. The summed E-state index contributed by atoms with van der Waals surface area (Å²) >= 11 is 12.2. The molecule has 164 valence electrons. The first-order chi connectivity index (χ1) is 14.8. The van der Waals surface area contributed by atoms with Crippen molar-refractivity contribution in [2.24, 2.45) is 0 Å². The molecule has 0 bridgehead atoms. The molecule has 6 nitrogen and oxygen atoms in total. The number of rotatable bonds is 4. The normalized spacial score (nSPS) is 19.7. The molecule has 1 aromatic carbocycles. The molecule has 1 saturated carbocycles.